The van der Waals surface area contributed by atoms with Crippen LogP contribution >= 0.6 is 11.3 Å². The number of carbonyl (C=O) groups is 2. The van der Waals surface area contributed by atoms with Crippen LogP contribution in [0.3, 0.4) is 0 Å². The number of carboxylic acids is 1. The highest BCUT2D eigenvalue weighted by Gasteiger charge is 2.32. The third-order valence-electron chi connectivity index (χ3n) is 6.55. The molecule has 0 radical (unpaired) electrons. The van der Waals surface area contributed by atoms with E-state index in [1.54, 1.807) is 41.6 Å². The molecule has 0 bridgehead atoms. The number of rotatable bonds is 6. The van der Waals surface area contributed by atoms with Gasteiger partial charge in [-0.05, 0) is 61.9 Å². The SMILES string of the molecule is O=C(O)/C=C/c1cc2c(N(C(=O)c3ccc(-n4nnc5cccnc54)cc3F)[C@@H]3CCCNC3)nccc2s1. The molecule has 5 heterocycles. The van der Waals surface area contributed by atoms with Crippen molar-refractivity contribution < 1.29 is 19.1 Å². The molecule has 196 valence electrons. The van der Waals surface area contributed by atoms with Crippen molar-refractivity contribution in [3.05, 3.63) is 77.2 Å². The summed E-state index contributed by atoms with van der Waals surface area (Å²) in [5, 5.41) is 21.2. The van der Waals surface area contributed by atoms with E-state index in [0.717, 1.165) is 30.2 Å². The molecule has 12 heteroatoms. The van der Waals surface area contributed by atoms with E-state index < -0.39 is 17.7 Å². The zero-order chi connectivity index (χ0) is 26.9. The molecule has 1 aliphatic heterocycles. The van der Waals surface area contributed by atoms with E-state index in [2.05, 4.69) is 25.6 Å². The van der Waals surface area contributed by atoms with Crippen molar-refractivity contribution in [1.82, 2.24) is 30.3 Å². The number of piperidine rings is 1. The van der Waals surface area contributed by atoms with Crippen molar-refractivity contribution in [1.29, 1.82) is 0 Å². The molecular weight excluding hydrogens is 521 g/mol. The fourth-order valence-electron chi connectivity index (χ4n) is 4.76. The van der Waals surface area contributed by atoms with E-state index in [4.69, 9.17) is 5.11 Å². The number of amides is 1. The number of aromatic nitrogens is 5. The Morgan fingerprint density at radius 2 is 2.08 bits per heavy atom. The second-order valence-electron chi connectivity index (χ2n) is 9.05. The van der Waals surface area contributed by atoms with E-state index in [-0.39, 0.29) is 11.6 Å². The number of benzene rings is 1. The number of fused-ring (bicyclic) bond motifs is 2. The number of anilines is 1. The average Bonchev–Trinajstić information content (AvgIpc) is 3.57. The number of pyridine rings is 2. The molecule has 5 aromatic rings. The Kier molecular flexibility index (Phi) is 6.55. The van der Waals surface area contributed by atoms with Gasteiger partial charge in [0.2, 0.25) is 0 Å². The van der Waals surface area contributed by atoms with Crippen LogP contribution in [0, 0.1) is 5.82 Å². The van der Waals surface area contributed by atoms with Crippen molar-refractivity contribution >= 4 is 56.4 Å². The fraction of sp³-hybridized carbons (Fsp3) is 0.185. The minimum Gasteiger partial charge on any atom is -0.478 e. The first kappa shape index (κ1) is 24.8. The summed E-state index contributed by atoms with van der Waals surface area (Å²) in [5.74, 6) is -1.85. The zero-order valence-electron chi connectivity index (χ0n) is 20.5. The third-order valence-corrected chi connectivity index (χ3v) is 7.62. The molecule has 0 spiro atoms. The topological polar surface area (TPSA) is 126 Å². The molecule has 0 saturated carbocycles. The van der Waals surface area contributed by atoms with Crippen molar-refractivity contribution in [2.45, 2.75) is 18.9 Å². The number of hydrogen-bond donors (Lipinski definition) is 2. The van der Waals surface area contributed by atoms with Crippen molar-refractivity contribution in [3.8, 4) is 5.69 Å². The van der Waals surface area contributed by atoms with Crippen molar-refractivity contribution in [2.75, 3.05) is 18.0 Å². The maximum Gasteiger partial charge on any atom is 0.328 e. The monoisotopic (exact) mass is 543 g/mol. The van der Waals surface area contributed by atoms with Gasteiger partial charge in [0.1, 0.15) is 17.2 Å². The van der Waals surface area contributed by atoms with E-state index >= 15 is 4.39 Å². The third kappa shape index (κ3) is 4.75. The quantitative estimate of drug-likeness (QED) is 0.307. The number of aliphatic carboxylic acids is 1. The Morgan fingerprint density at radius 3 is 2.87 bits per heavy atom. The minimum atomic E-state index is -1.05. The molecule has 1 amide bonds. The number of halogens is 1. The molecule has 39 heavy (non-hydrogen) atoms. The molecule has 4 aromatic heterocycles. The number of carbonyl (C=O) groups excluding carboxylic acids is 1. The lowest BCUT2D eigenvalue weighted by molar-refractivity contribution is -0.131. The van der Waals surface area contributed by atoms with Crippen LogP contribution < -0.4 is 10.2 Å². The molecule has 6 rings (SSSR count). The van der Waals surface area contributed by atoms with Gasteiger partial charge in [0, 0.05) is 46.0 Å². The maximum atomic E-state index is 15.6. The summed E-state index contributed by atoms with van der Waals surface area (Å²) >= 11 is 1.39. The molecule has 10 nitrogen and oxygen atoms in total. The number of hydrogen-bond acceptors (Lipinski definition) is 8. The second kappa shape index (κ2) is 10.3. The molecule has 1 aromatic carbocycles. The van der Waals surface area contributed by atoms with E-state index in [0.29, 0.717) is 39.5 Å². The first-order chi connectivity index (χ1) is 19.0. The van der Waals surface area contributed by atoms with Crippen LogP contribution in [-0.4, -0.2) is 61.1 Å². The molecule has 1 aliphatic rings. The molecule has 1 atom stereocenters. The first-order valence-corrected chi connectivity index (χ1v) is 13.1. The van der Waals surface area contributed by atoms with Crippen molar-refractivity contribution in [2.24, 2.45) is 0 Å². The normalized spacial score (nSPS) is 15.8. The average molecular weight is 544 g/mol. The summed E-state index contributed by atoms with van der Waals surface area (Å²) in [4.78, 5) is 36.1. The predicted octanol–water partition coefficient (Wildman–Crippen LogP) is 4.06. The second-order valence-corrected chi connectivity index (χ2v) is 10.2. The highest BCUT2D eigenvalue weighted by molar-refractivity contribution is 7.20. The van der Waals surface area contributed by atoms with Gasteiger partial charge in [-0.3, -0.25) is 9.69 Å². The van der Waals surface area contributed by atoms with E-state index in [1.165, 1.54) is 34.2 Å². The highest BCUT2D eigenvalue weighted by atomic mass is 32.1. The van der Waals surface area contributed by atoms with Crippen LogP contribution in [0.2, 0.25) is 0 Å². The Balaban J connectivity index is 1.41. The van der Waals surface area contributed by atoms with Crippen LogP contribution in [-0.2, 0) is 4.79 Å². The van der Waals surface area contributed by atoms with E-state index in [1.807, 2.05) is 6.07 Å². The van der Waals surface area contributed by atoms with Gasteiger partial charge in [-0.15, -0.1) is 16.4 Å². The van der Waals surface area contributed by atoms with Gasteiger partial charge >= 0.3 is 5.97 Å². The van der Waals surface area contributed by atoms with E-state index in [9.17, 15) is 9.59 Å². The standard InChI is InChI=1S/C27H22FN7O3S/c28-21-13-16(35-26-22(32-33-35)4-2-11-30-26)5-7-19(21)27(38)34(17-3-1-10-29-15-17)25-20-14-18(6-8-24(36)37)39-23(20)9-12-31-25/h2,4-9,11-14,17,29H,1,3,10,15H2,(H,36,37)/b8-6+/t17-/m1/s1. The van der Waals surface area contributed by atoms with Gasteiger partial charge in [-0.1, -0.05) is 5.21 Å². The minimum absolute atomic E-state index is 0.0956. The van der Waals surface area contributed by atoms with Crippen LogP contribution in [0.15, 0.2) is 60.9 Å². The van der Waals surface area contributed by atoms with Gasteiger partial charge in [-0.25, -0.2) is 19.2 Å². The number of thiophene rings is 1. The lowest BCUT2D eigenvalue weighted by Gasteiger charge is -2.34. The lowest BCUT2D eigenvalue weighted by atomic mass is 10.0. The largest absolute Gasteiger partial charge is 0.478 e. The van der Waals surface area contributed by atoms with Gasteiger partial charge in [-0.2, -0.15) is 4.68 Å². The Labute approximate surface area is 225 Å². The Bertz CT molecular complexity index is 1740. The summed E-state index contributed by atoms with van der Waals surface area (Å²) < 4.78 is 17.9. The molecular formula is C27H22FN7O3S. The summed E-state index contributed by atoms with van der Waals surface area (Å²) in [6.07, 6.45) is 7.37. The summed E-state index contributed by atoms with van der Waals surface area (Å²) in [6.45, 7) is 1.37. The summed E-state index contributed by atoms with van der Waals surface area (Å²) in [6, 6.07) is 11.2. The van der Waals surface area contributed by atoms with Crippen LogP contribution in [0.25, 0.3) is 33.0 Å². The van der Waals surface area contributed by atoms with Gasteiger partial charge < -0.3 is 10.4 Å². The predicted molar refractivity (Wildman–Crippen MR) is 146 cm³/mol. The molecule has 2 N–H and O–H groups in total. The molecule has 0 aliphatic carbocycles. The van der Waals surface area contributed by atoms with Gasteiger partial charge in [0.05, 0.1) is 17.3 Å². The van der Waals surface area contributed by atoms with Crippen molar-refractivity contribution in [3.63, 3.8) is 0 Å². The Morgan fingerprint density at radius 1 is 1.18 bits per heavy atom. The fourth-order valence-corrected chi connectivity index (χ4v) is 5.72. The molecule has 1 fully saturated rings. The summed E-state index contributed by atoms with van der Waals surface area (Å²) in [5.41, 5.74) is 1.35. The molecule has 1 saturated heterocycles. The number of carboxylic acid groups (broad SMARTS) is 1. The van der Waals surface area contributed by atoms with Gasteiger partial charge in [0.25, 0.3) is 5.91 Å². The number of nitrogens with one attached hydrogen (secondary N) is 1. The van der Waals surface area contributed by atoms with Crippen LogP contribution in [0.1, 0.15) is 28.1 Å². The first-order valence-electron chi connectivity index (χ1n) is 12.3. The Hall–Kier alpha value is -4.55. The smallest absolute Gasteiger partial charge is 0.328 e. The van der Waals surface area contributed by atoms with Crippen LogP contribution in [0.4, 0.5) is 10.2 Å². The number of nitrogens with zero attached hydrogens (tertiary/aromatic N) is 6. The summed E-state index contributed by atoms with van der Waals surface area (Å²) in [7, 11) is 0. The van der Waals surface area contributed by atoms with Gasteiger partial charge in [0.15, 0.2) is 5.65 Å². The maximum absolute atomic E-state index is 15.6. The van der Waals surface area contributed by atoms with Crippen LogP contribution in [0.5, 0.6) is 0 Å². The molecule has 0 unspecified atom stereocenters. The lowest BCUT2D eigenvalue weighted by Crippen LogP contribution is -2.49. The highest BCUT2D eigenvalue weighted by Crippen LogP contribution is 2.35. The zero-order valence-corrected chi connectivity index (χ0v) is 21.3.